The number of nitrogens with one attached hydrogen (secondary N) is 1. The predicted molar refractivity (Wildman–Crippen MR) is 96.9 cm³/mol. The maximum atomic E-state index is 12.8. The number of likely N-dealkylation sites (tertiary alicyclic amines) is 1. The van der Waals surface area contributed by atoms with Crippen LogP contribution in [-0.2, 0) is 11.2 Å². The molecule has 0 aromatic carbocycles. The largest absolute Gasteiger partial charge is 0.334 e. The first-order valence-corrected chi connectivity index (χ1v) is 9.46. The van der Waals surface area contributed by atoms with Crippen LogP contribution in [0.15, 0.2) is 33.8 Å². The van der Waals surface area contributed by atoms with E-state index in [0.717, 1.165) is 37.1 Å². The highest BCUT2D eigenvalue weighted by Crippen LogP contribution is 2.30. The zero-order valence-corrected chi connectivity index (χ0v) is 14.9. The van der Waals surface area contributed by atoms with Crippen LogP contribution in [0.3, 0.4) is 0 Å². The van der Waals surface area contributed by atoms with Gasteiger partial charge in [0.1, 0.15) is 0 Å². The molecule has 0 saturated carbocycles. The molecule has 130 valence electrons. The van der Waals surface area contributed by atoms with E-state index in [1.807, 2.05) is 34.7 Å². The molecule has 1 aliphatic heterocycles. The summed E-state index contributed by atoms with van der Waals surface area (Å²) >= 11 is 1.60. The molecule has 4 rings (SSSR count). The second kappa shape index (κ2) is 6.48. The van der Waals surface area contributed by atoms with Gasteiger partial charge >= 0.3 is 0 Å². The quantitative estimate of drug-likeness (QED) is 0.784. The van der Waals surface area contributed by atoms with Crippen LogP contribution in [0.2, 0.25) is 0 Å². The van der Waals surface area contributed by atoms with Crippen molar-refractivity contribution in [1.82, 2.24) is 19.5 Å². The third-order valence-corrected chi connectivity index (χ3v) is 5.43. The Balaban J connectivity index is 1.66. The van der Waals surface area contributed by atoms with Crippen LogP contribution in [0.1, 0.15) is 42.3 Å². The summed E-state index contributed by atoms with van der Waals surface area (Å²) in [4.78, 5) is 31.7. The SMILES string of the molecule is Cc1cc2nc([C@@H]3CCCCN3C(=O)Cc3ccsc3)cc(=O)n2[nH]1. The van der Waals surface area contributed by atoms with E-state index in [2.05, 4.69) is 10.1 Å². The summed E-state index contributed by atoms with van der Waals surface area (Å²) in [6.45, 7) is 2.62. The number of aryl methyl sites for hydroxylation is 1. The molecule has 3 aromatic rings. The van der Waals surface area contributed by atoms with Gasteiger partial charge in [-0.2, -0.15) is 11.3 Å². The molecule has 0 aliphatic carbocycles. The average Bonchev–Trinajstić information content (AvgIpc) is 3.23. The molecule has 6 nitrogen and oxygen atoms in total. The number of fused-ring (bicyclic) bond motifs is 1. The molecule has 25 heavy (non-hydrogen) atoms. The highest BCUT2D eigenvalue weighted by molar-refractivity contribution is 7.08. The second-order valence-corrected chi connectivity index (χ2v) is 7.34. The fourth-order valence-electron chi connectivity index (χ4n) is 3.51. The van der Waals surface area contributed by atoms with Gasteiger partial charge in [0.2, 0.25) is 5.91 Å². The van der Waals surface area contributed by atoms with Gasteiger partial charge in [-0.3, -0.25) is 14.7 Å². The normalized spacial score (nSPS) is 18.0. The first-order chi connectivity index (χ1) is 12.1. The third-order valence-electron chi connectivity index (χ3n) is 4.70. The summed E-state index contributed by atoms with van der Waals surface area (Å²) < 4.78 is 1.44. The van der Waals surface area contributed by atoms with Gasteiger partial charge < -0.3 is 4.90 Å². The first-order valence-electron chi connectivity index (χ1n) is 8.52. The zero-order chi connectivity index (χ0) is 17.4. The van der Waals surface area contributed by atoms with Crippen molar-refractivity contribution in [2.24, 2.45) is 0 Å². The lowest BCUT2D eigenvalue weighted by Crippen LogP contribution is -2.40. The lowest BCUT2D eigenvalue weighted by Gasteiger charge is -2.35. The molecular formula is C18H20N4O2S. The topological polar surface area (TPSA) is 70.5 Å². The number of carbonyl (C=O) groups is 1. The van der Waals surface area contributed by atoms with Crippen LogP contribution in [0, 0.1) is 6.92 Å². The number of aromatic amines is 1. The van der Waals surface area contributed by atoms with Crippen molar-refractivity contribution < 1.29 is 4.79 Å². The standard InChI is InChI=1S/C18H20N4O2S/c1-12-8-16-19-14(10-18(24)22(16)20-12)15-4-2-3-6-21(15)17(23)9-13-5-7-25-11-13/h5,7-8,10-11,15,20H,2-4,6,9H2,1H3/t15-/m0/s1. The highest BCUT2D eigenvalue weighted by Gasteiger charge is 2.29. The number of hydrogen-bond donors (Lipinski definition) is 1. The maximum absolute atomic E-state index is 12.8. The number of aromatic nitrogens is 3. The van der Waals surface area contributed by atoms with E-state index in [1.54, 1.807) is 17.4 Å². The minimum Gasteiger partial charge on any atom is -0.334 e. The Morgan fingerprint density at radius 3 is 3.08 bits per heavy atom. The van der Waals surface area contributed by atoms with E-state index in [0.29, 0.717) is 17.8 Å². The minimum absolute atomic E-state index is 0.107. The maximum Gasteiger partial charge on any atom is 0.272 e. The van der Waals surface area contributed by atoms with Crippen LogP contribution in [-0.4, -0.2) is 31.9 Å². The number of carbonyl (C=O) groups excluding carboxylic acids is 1. The van der Waals surface area contributed by atoms with Gasteiger partial charge in [-0.15, -0.1) is 0 Å². The Morgan fingerprint density at radius 1 is 1.40 bits per heavy atom. The fraction of sp³-hybridized carbons (Fsp3) is 0.389. The Morgan fingerprint density at radius 2 is 2.28 bits per heavy atom. The third kappa shape index (κ3) is 3.11. The van der Waals surface area contributed by atoms with Gasteiger partial charge in [0.05, 0.1) is 18.2 Å². The van der Waals surface area contributed by atoms with Crippen molar-refractivity contribution >= 4 is 22.9 Å². The molecule has 3 aromatic heterocycles. The molecular weight excluding hydrogens is 336 g/mol. The van der Waals surface area contributed by atoms with Crippen molar-refractivity contribution in [2.75, 3.05) is 6.54 Å². The van der Waals surface area contributed by atoms with Crippen LogP contribution in [0.5, 0.6) is 0 Å². The first kappa shape index (κ1) is 16.1. The van der Waals surface area contributed by atoms with Crippen LogP contribution in [0.25, 0.3) is 5.65 Å². The minimum atomic E-state index is -0.135. The number of thiophene rings is 1. The molecule has 7 heteroatoms. The predicted octanol–water partition coefficient (Wildman–Crippen LogP) is 2.69. The zero-order valence-electron chi connectivity index (χ0n) is 14.1. The molecule has 1 saturated heterocycles. The summed E-state index contributed by atoms with van der Waals surface area (Å²) in [5, 5.41) is 6.98. The Bertz CT molecular complexity index is 957. The second-order valence-electron chi connectivity index (χ2n) is 6.56. The monoisotopic (exact) mass is 356 g/mol. The summed E-state index contributed by atoms with van der Waals surface area (Å²) in [6, 6.07) is 5.28. The molecule has 1 N–H and O–H groups in total. The number of hydrogen-bond acceptors (Lipinski definition) is 4. The average molecular weight is 356 g/mol. The number of nitrogens with zero attached hydrogens (tertiary/aromatic N) is 3. The molecule has 1 amide bonds. The van der Waals surface area contributed by atoms with E-state index in [4.69, 9.17) is 0 Å². The summed E-state index contributed by atoms with van der Waals surface area (Å²) in [6.07, 6.45) is 3.29. The van der Waals surface area contributed by atoms with E-state index >= 15 is 0 Å². The lowest BCUT2D eigenvalue weighted by atomic mass is 9.98. The molecule has 0 radical (unpaired) electrons. The molecule has 0 unspecified atom stereocenters. The fourth-order valence-corrected chi connectivity index (χ4v) is 4.18. The Hall–Kier alpha value is -2.41. The van der Waals surface area contributed by atoms with E-state index in [1.165, 1.54) is 4.52 Å². The van der Waals surface area contributed by atoms with Crippen LogP contribution < -0.4 is 5.56 Å². The Kier molecular flexibility index (Phi) is 4.17. The van der Waals surface area contributed by atoms with Crippen LogP contribution in [0.4, 0.5) is 0 Å². The smallest absolute Gasteiger partial charge is 0.272 e. The van der Waals surface area contributed by atoms with Crippen molar-refractivity contribution in [3.63, 3.8) is 0 Å². The van der Waals surface area contributed by atoms with Crippen molar-refractivity contribution in [2.45, 2.75) is 38.6 Å². The molecule has 1 aliphatic rings. The molecule has 1 atom stereocenters. The lowest BCUT2D eigenvalue weighted by molar-refractivity contribution is -0.134. The van der Waals surface area contributed by atoms with Crippen LogP contribution >= 0.6 is 11.3 Å². The summed E-state index contributed by atoms with van der Waals surface area (Å²) in [5.74, 6) is 0.107. The molecule has 4 heterocycles. The van der Waals surface area contributed by atoms with Gasteiger partial charge in [0, 0.05) is 24.4 Å². The van der Waals surface area contributed by atoms with Gasteiger partial charge in [-0.05, 0) is 48.6 Å². The van der Waals surface area contributed by atoms with E-state index in [-0.39, 0.29) is 17.5 Å². The van der Waals surface area contributed by atoms with Crippen molar-refractivity contribution in [3.05, 3.63) is 56.3 Å². The summed E-state index contributed by atoms with van der Waals surface area (Å²) in [5.41, 5.74) is 3.10. The van der Waals surface area contributed by atoms with Gasteiger partial charge in [-0.1, -0.05) is 0 Å². The van der Waals surface area contributed by atoms with Crippen molar-refractivity contribution in [3.8, 4) is 0 Å². The molecule has 0 spiro atoms. The van der Waals surface area contributed by atoms with Gasteiger partial charge in [0.25, 0.3) is 5.56 Å². The number of rotatable bonds is 3. The molecule has 1 fully saturated rings. The number of H-pyrrole nitrogens is 1. The highest BCUT2D eigenvalue weighted by atomic mass is 32.1. The Labute approximate surface area is 149 Å². The van der Waals surface area contributed by atoms with Gasteiger partial charge in [-0.25, -0.2) is 9.50 Å². The summed E-state index contributed by atoms with van der Waals surface area (Å²) in [7, 11) is 0. The molecule has 0 bridgehead atoms. The number of amides is 1. The van der Waals surface area contributed by atoms with Gasteiger partial charge in [0.15, 0.2) is 5.65 Å². The van der Waals surface area contributed by atoms with E-state index < -0.39 is 0 Å². The number of piperidine rings is 1. The van der Waals surface area contributed by atoms with Crippen molar-refractivity contribution in [1.29, 1.82) is 0 Å². The van der Waals surface area contributed by atoms with E-state index in [9.17, 15) is 9.59 Å².